The largest absolute Gasteiger partial charge is 0.264 e. The van der Waals surface area contributed by atoms with Crippen molar-refractivity contribution in [1.29, 1.82) is 0 Å². The molecule has 0 unspecified atom stereocenters. The number of hydrogen-bond donors (Lipinski definition) is 0. The normalized spacial score (nSPS) is 21.7. The molecule has 96 valence electrons. The predicted molar refractivity (Wildman–Crippen MR) is 73.8 cm³/mol. The van der Waals surface area contributed by atoms with Gasteiger partial charge in [0.05, 0.1) is 5.92 Å². The van der Waals surface area contributed by atoms with Crippen LogP contribution in [0.15, 0.2) is 54.6 Å². The van der Waals surface area contributed by atoms with Gasteiger partial charge in [-0.1, -0.05) is 54.6 Å². The summed E-state index contributed by atoms with van der Waals surface area (Å²) < 4.78 is 0. The van der Waals surface area contributed by atoms with E-state index in [4.69, 9.17) is 0 Å². The summed E-state index contributed by atoms with van der Waals surface area (Å²) in [6, 6.07) is 17.4. The molecule has 2 aromatic carbocycles. The molecule has 0 N–H and O–H groups in total. The van der Waals surface area contributed by atoms with E-state index in [1.165, 1.54) is 5.56 Å². The molecular formula is C16H15NO2. The lowest BCUT2D eigenvalue weighted by Crippen LogP contribution is -2.33. The minimum atomic E-state index is -0.516. The van der Waals surface area contributed by atoms with Gasteiger partial charge in [0.15, 0.2) is 0 Å². The molecule has 3 rings (SSSR count). The number of nitrogens with zero attached hydrogens (tertiary/aromatic N) is 1. The summed E-state index contributed by atoms with van der Waals surface area (Å²) in [4.78, 5) is 11.2. The molecule has 19 heavy (non-hydrogen) atoms. The summed E-state index contributed by atoms with van der Waals surface area (Å²) in [6.07, 6.45) is 1.41. The lowest BCUT2D eigenvalue weighted by atomic mass is 9.76. The van der Waals surface area contributed by atoms with E-state index in [1.807, 2.05) is 48.5 Å². The molecule has 0 bridgehead atoms. The minimum absolute atomic E-state index is 0.117. The van der Waals surface area contributed by atoms with E-state index < -0.39 is 6.04 Å². The second-order valence-corrected chi connectivity index (χ2v) is 4.98. The standard InChI is InChI=1S/C16H15NO2/c18-17(19)15-11-10-12-6-4-5-9-14(12)16(15)13-7-2-1-3-8-13/h1-9,15-16H,10-11H2/t15-,16-/m1/s1. The summed E-state index contributed by atoms with van der Waals surface area (Å²) in [7, 11) is 0. The van der Waals surface area contributed by atoms with Gasteiger partial charge in [-0.2, -0.15) is 0 Å². The first-order chi connectivity index (χ1) is 9.27. The number of aryl methyl sites for hydroxylation is 1. The zero-order valence-corrected chi connectivity index (χ0v) is 10.5. The van der Waals surface area contributed by atoms with Gasteiger partial charge in [0.2, 0.25) is 6.04 Å². The molecule has 0 radical (unpaired) electrons. The van der Waals surface area contributed by atoms with Crippen molar-refractivity contribution in [3.8, 4) is 0 Å². The Morgan fingerprint density at radius 3 is 2.42 bits per heavy atom. The van der Waals surface area contributed by atoms with Crippen molar-refractivity contribution in [3.63, 3.8) is 0 Å². The molecule has 0 saturated heterocycles. The quantitative estimate of drug-likeness (QED) is 0.608. The van der Waals surface area contributed by atoms with Crippen molar-refractivity contribution in [2.45, 2.75) is 24.8 Å². The highest BCUT2D eigenvalue weighted by Crippen LogP contribution is 2.37. The predicted octanol–water partition coefficient (Wildman–Crippen LogP) is 3.41. The van der Waals surface area contributed by atoms with Crippen LogP contribution in [0.1, 0.15) is 29.0 Å². The van der Waals surface area contributed by atoms with Crippen LogP contribution in [0.2, 0.25) is 0 Å². The Hall–Kier alpha value is -2.16. The third-order valence-corrected chi connectivity index (χ3v) is 3.91. The molecule has 0 fully saturated rings. The smallest absolute Gasteiger partial charge is 0.224 e. The molecule has 0 aromatic heterocycles. The van der Waals surface area contributed by atoms with Crippen LogP contribution >= 0.6 is 0 Å². The maximum absolute atomic E-state index is 11.4. The van der Waals surface area contributed by atoms with Crippen LogP contribution in [-0.4, -0.2) is 11.0 Å². The van der Waals surface area contributed by atoms with Crippen LogP contribution in [0.3, 0.4) is 0 Å². The Morgan fingerprint density at radius 2 is 1.68 bits per heavy atom. The number of benzene rings is 2. The van der Waals surface area contributed by atoms with Gasteiger partial charge in [0, 0.05) is 11.3 Å². The average Bonchev–Trinajstić information content (AvgIpc) is 2.46. The molecular weight excluding hydrogens is 238 g/mol. The highest BCUT2D eigenvalue weighted by Gasteiger charge is 2.38. The lowest BCUT2D eigenvalue weighted by Gasteiger charge is -2.28. The van der Waals surface area contributed by atoms with Crippen LogP contribution in [0.5, 0.6) is 0 Å². The zero-order valence-electron chi connectivity index (χ0n) is 10.5. The third-order valence-electron chi connectivity index (χ3n) is 3.91. The van der Waals surface area contributed by atoms with Crippen molar-refractivity contribution in [3.05, 3.63) is 81.4 Å². The van der Waals surface area contributed by atoms with Gasteiger partial charge in [0.25, 0.3) is 0 Å². The van der Waals surface area contributed by atoms with Crippen molar-refractivity contribution in [2.24, 2.45) is 0 Å². The maximum atomic E-state index is 11.4. The first-order valence-corrected chi connectivity index (χ1v) is 6.53. The van der Waals surface area contributed by atoms with E-state index in [1.54, 1.807) is 0 Å². The van der Waals surface area contributed by atoms with Gasteiger partial charge < -0.3 is 0 Å². The number of rotatable bonds is 2. The monoisotopic (exact) mass is 253 g/mol. The SMILES string of the molecule is O=[N+]([O-])[C@@H]1CCc2ccccc2[C@H]1c1ccccc1. The van der Waals surface area contributed by atoms with E-state index >= 15 is 0 Å². The van der Waals surface area contributed by atoms with Crippen molar-refractivity contribution >= 4 is 0 Å². The van der Waals surface area contributed by atoms with Crippen molar-refractivity contribution < 1.29 is 4.92 Å². The van der Waals surface area contributed by atoms with Crippen LogP contribution in [0.4, 0.5) is 0 Å². The second kappa shape index (κ2) is 4.84. The van der Waals surface area contributed by atoms with Gasteiger partial charge in [-0.05, 0) is 23.1 Å². The van der Waals surface area contributed by atoms with Gasteiger partial charge in [-0.25, -0.2) is 0 Å². The van der Waals surface area contributed by atoms with Gasteiger partial charge in [0.1, 0.15) is 0 Å². The van der Waals surface area contributed by atoms with Gasteiger partial charge >= 0.3 is 0 Å². The van der Waals surface area contributed by atoms with E-state index in [-0.39, 0.29) is 10.8 Å². The molecule has 1 aliphatic carbocycles. The van der Waals surface area contributed by atoms with E-state index in [2.05, 4.69) is 6.07 Å². The summed E-state index contributed by atoms with van der Waals surface area (Å²) in [6.45, 7) is 0. The Balaban J connectivity index is 2.13. The molecule has 0 heterocycles. The Labute approximate surface area is 112 Å². The molecule has 0 amide bonds. The van der Waals surface area contributed by atoms with E-state index in [0.717, 1.165) is 17.5 Å². The molecule has 3 heteroatoms. The Bertz CT molecular complexity index is 595. The fraction of sp³-hybridized carbons (Fsp3) is 0.250. The van der Waals surface area contributed by atoms with Crippen LogP contribution in [-0.2, 0) is 6.42 Å². The Kier molecular flexibility index (Phi) is 3.03. The molecule has 0 aliphatic heterocycles. The van der Waals surface area contributed by atoms with Crippen LogP contribution in [0, 0.1) is 10.1 Å². The summed E-state index contributed by atoms with van der Waals surface area (Å²) in [5, 5.41) is 11.4. The Morgan fingerprint density at radius 1 is 1.00 bits per heavy atom. The van der Waals surface area contributed by atoms with Crippen molar-refractivity contribution in [2.75, 3.05) is 0 Å². The van der Waals surface area contributed by atoms with Crippen molar-refractivity contribution in [1.82, 2.24) is 0 Å². The minimum Gasteiger partial charge on any atom is -0.264 e. The molecule has 0 saturated carbocycles. The third kappa shape index (κ3) is 2.12. The van der Waals surface area contributed by atoms with E-state index in [9.17, 15) is 10.1 Å². The molecule has 0 spiro atoms. The maximum Gasteiger partial charge on any atom is 0.224 e. The highest BCUT2D eigenvalue weighted by molar-refractivity contribution is 5.41. The fourth-order valence-electron chi connectivity index (χ4n) is 3.03. The van der Waals surface area contributed by atoms with Crippen LogP contribution in [0.25, 0.3) is 0 Å². The topological polar surface area (TPSA) is 43.1 Å². The average molecular weight is 253 g/mol. The molecule has 2 atom stereocenters. The summed E-state index contributed by atoms with van der Waals surface area (Å²) in [5.41, 5.74) is 3.40. The fourth-order valence-corrected chi connectivity index (χ4v) is 3.03. The first-order valence-electron chi connectivity index (χ1n) is 6.53. The lowest BCUT2D eigenvalue weighted by molar-refractivity contribution is -0.526. The zero-order chi connectivity index (χ0) is 13.2. The molecule has 3 nitrogen and oxygen atoms in total. The number of nitro groups is 1. The van der Waals surface area contributed by atoms with Gasteiger partial charge in [-0.3, -0.25) is 10.1 Å². The summed E-state index contributed by atoms with van der Waals surface area (Å²) >= 11 is 0. The van der Waals surface area contributed by atoms with Gasteiger partial charge in [-0.15, -0.1) is 0 Å². The summed E-state index contributed by atoms with van der Waals surface area (Å²) in [5.74, 6) is -0.124. The second-order valence-electron chi connectivity index (χ2n) is 4.98. The number of fused-ring (bicyclic) bond motifs is 1. The molecule has 2 aromatic rings. The number of hydrogen-bond acceptors (Lipinski definition) is 2. The van der Waals surface area contributed by atoms with Crippen LogP contribution < -0.4 is 0 Å². The highest BCUT2D eigenvalue weighted by atomic mass is 16.6. The van der Waals surface area contributed by atoms with E-state index in [0.29, 0.717) is 6.42 Å². The first kappa shape index (κ1) is 11.9. The molecule has 1 aliphatic rings.